The molecule has 9 heteroatoms. The number of rotatable bonds is 3. The van der Waals surface area contributed by atoms with E-state index in [1.54, 1.807) is 12.4 Å². The lowest BCUT2D eigenvalue weighted by molar-refractivity contribution is 0.738. The van der Waals surface area contributed by atoms with Gasteiger partial charge in [-0.3, -0.25) is 9.89 Å². The van der Waals surface area contributed by atoms with E-state index in [-0.39, 0.29) is 5.56 Å². The summed E-state index contributed by atoms with van der Waals surface area (Å²) in [5.41, 5.74) is 2.92. The van der Waals surface area contributed by atoms with Crippen LogP contribution in [0.2, 0.25) is 0 Å². The number of aromatic amines is 1. The average Bonchev–Trinajstić information content (AvgIpc) is 3.27. The van der Waals surface area contributed by atoms with Crippen molar-refractivity contribution < 1.29 is 0 Å². The summed E-state index contributed by atoms with van der Waals surface area (Å²) in [5.74, 6) is 1.30. The number of anilines is 1. The maximum atomic E-state index is 12.6. The molecule has 1 aliphatic heterocycles. The van der Waals surface area contributed by atoms with Gasteiger partial charge in [0.15, 0.2) is 11.5 Å². The highest BCUT2D eigenvalue weighted by atomic mass is 16.1. The van der Waals surface area contributed by atoms with E-state index >= 15 is 0 Å². The normalized spacial score (nSPS) is 15.0. The van der Waals surface area contributed by atoms with Crippen LogP contribution in [0.3, 0.4) is 0 Å². The molecule has 1 aliphatic rings. The fraction of sp³-hybridized carbons (Fsp3) is 0.312. The summed E-state index contributed by atoms with van der Waals surface area (Å²) < 4.78 is 2.79. The van der Waals surface area contributed by atoms with Gasteiger partial charge in [0.1, 0.15) is 12.1 Å². The monoisotopic (exact) mass is 338 g/mol. The SMILES string of the molecule is CC1=C(C)CN(c2cc(-n3[nH]cc(-n4ccnn4)c3=O)ncn2)CC1. The third kappa shape index (κ3) is 2.73. The van der Waals surface area contributed by atoms with Crippen molar-refractivity contribution in [1.82, 2.24) is 34.7 Å². The highest BCUT2D eigenvalue weighted by Gasteiger charge is 2.17. The Labute approximate surface area is 143 Å². The first-order chi connectivity index (χ1) is 12.1. The Kier molecular flexibility index (Phi) is 3.68. The Morgan fingerprint density at radius 1 is 1.16 bits per heavy atom. The standard InChI is InChI=1S/C16H18N8O/c1-11-3-5-22(9-12(11)2)14-7-15(18-10-17-14)24-16(25)13(8-20-24)23-6-4-19-21-23/h4,6-8,10,20H,3,5,9H2,1-2H3. The Hall–Kier alpha value is -3.23. The number of hydrogen-bond donors (Lipinski definition) is 1. The first kappa shape index (κ1) is 15.3. The fourth-order valence-corrected chi connectivity index (χ4v) is 2.88. The highest BCUT2D eigenvalue weighted by Crippen LogP contribution is 2.22. The van der Waals surface area contributed by atoms with Crippen molar-refractivity contribution >= 4 is 5.82 Å². The van der Waals surface area contributed by atoms with E-state index in [0.717, 1.165) is 25.3 Å². The number of aromatic nitrogens is 7. The van der Waals surface area contributed by atoms with E-state index in [1.165, 1.54) is 33.0 Å². The van der Waals surface area contributed by atoms with Crippen LogP contribution < -0.4 is 10.5 Å². The summed E-state index contributed by atoms with van der Waals surface area (Å²) in [6, 6.07) is 1.82. The minimum Gasteiger partial charge on any atom is -0.352 e. The quantitative estimate of drug-likeness (QED) is 0.718. The van der Waals surface area contributed by atoms with Gasteiger partial charge in [0, 0.05) is 19.2 Å². The molecule has 0 atom stereocenters. The molecular weight excluding hydrogens is 320 g/mol. The summed E-state index contributed by atoms with van der Waals surface area (Å²) in [6.45, 7) is 6.06. The zero-order valence-electron chi connectivity index (χ0n) is 14.0. The Morgan fingerprint density at radius 2 is 2.00 bits per heavy atom. The van der Waals surface area contributed by atoms with Gasteiger partial charge in [-0.25, -0.2) is 14.6 Å². The van der Waals surface area contributed by atoms with Gasteiger partial charge < -0.3 is 4.90 Å². The summed E-state index contributed by atoms with van der Waals surface area (Å²) in [5, 5.41) is 10.5. The molecule has 128 valence electrons. The van der Waals surface area contributed by atoms with Gasteiger partial charge in [-0.2, -0.15) is 4.68 Å². The van der Waals surface area contributed by atoms with Crippen molar-refractivity contribution in [1.29, 1.82) is 0 Å². The third-order valence-corrected chi connectivity index (χ3v) is 4.53. The minimum absolute atomic E-state index is 0.249. The molecule has 3 aromatic rings. The summed E-state index contributed by atoms with van der Waals surface area (Å²) in [4.78, 5) is 23.4. The molecule has 0 amide bonds. The third-order valence-electron chi connectivity index (χ3n) is 4.53. The number of hydrogen-bond acceptors (Lipinski definition) is 6. The second-order valence-electron chi connectivity index (χ2n) is 6.11. The summed E-state index contributed by atoms with van der Waals surface area (Å²) in [6.07, 6.45) is 7.22. The number of H-pyrrole nitrogens is 1. The van der Waals surface area contributed by atoms with Crippen LogP contribution in [0.25, 0.3) is 11.5 Å². The molecule has 0 saturated carbocycles. The lowest BCUT2D eigenvalue weighted by Crippen LogP contribution is -2.31. The maximum Gasteiger partial charge on any atom is 0.298 e. The molecule has 25 heavy (non-hydrogen) atoms. The zero-order chi connectivity index (χ0) is 17.4. The van der Waals surface area contributed by atoms with Crippen molar-refractivity contribution in [2.24, 2.45) is 0 Å². The van der Waals surface area contributed by atoms with Crippen LogP contribution in [-0.4, -0.2) is 47.8 Å². The van der Waals surface area contributed by atoms with Gasteiger partial charge in [-0.1, -0.05) is 16.4 Å². The van der Waals surface area contributed by atoms with E-state index in [0.29, 0.717) is 11.5 Å². The van der Waals surface area contributed by atoms with Crippen LogP contribution in [0, 0.1) is 0 Å². The van der Waals surface area contributed by atoms with E-state index < -0.39 is 0 Å². The molecule has 0 spiro atoms. The predicted octanol–water partition coefficient (Wildman–Crippen LogP) is 1.08. The van der Waals surface area contributed by atoms with Crippen molar-refractivity contribution in [2.45, 2.75) is 20.3 Å². The molecule has 1 N–H and O–H groups in total. The molecule has 0 radical (unpaired) electrons. The summed E-state index contributed by atoms with van der Waals surface area (Å²) >= 11 is 0. The molecule has 9 nitrogen and oxygen atoms in total. The molecule has 0 bridgehead atoms. The van der Waals surface area contributed by atoms with Crippen LogP contribution >= 0.6 is 0 Å². The van der Waals surface area contributed by atoms with Gasteiger partial charge in [0.05, 0.1) is 18.6 Å². The maximum absolute atomic E-state index is 12.6. The van der Waals surface area contributed by atoms with Crippen molar-refractivity contribution in [2.75, 3.05) is 18.0 Å². The Bertz CT molecular complexity index is 982. The number of nitrogens with one attached hydrogen (secondary N) is 1. The van der Waals surface area contributed by atoms with Crippen LogP contribution in [0.5, 0.6) is 0 Å². The summed E-state index contributed by atoms with van der Waals surface area (Å²) in [7, 11) is 0. The second kappa shape index (κ2) is 6.00. The van der Waals surface area contributed by atoms with Crippen molar-refractivity contribution in [3.63, 3.8) is 0 Å². The fourth-order valence-electron chi connectivity index (χ4n) is 2.88. The van der Waals surface area contributed by atoms with Crippen LogP contribution in [-0.2, 0) is 0 Å². The van der Waals surface area contributed by atoms with Gasteiger partial charge >= 0.3 is 0 Å². The smallest absolute Gasteiger partial charge is 0.298 e. The highest BCUT2D eigenvalue weighted by molar-refractivity contribution is 5.46. The van der Waals surface area contributed by atoms with Crippen LogP contribution in [0.1, 0.15) is 20.3 Å². The zero-order valence-corrected chi connectivity index (χ0v) is 14.0. The Balaban J connectivity index is 1.68. The molecular formula is C16H18N8O. The van der Waals surface area contributed by atoms with E-state index in [1.807, 2.05) is 6.07 Å². The second-order valence-corrected chi connectivity index (χ2v) is 6.11. The Morgan fingerprint density at radius 3 is 2.76 bits per heavy atom. The van der Waals surface area contributed by atoms with Gasteiger partial charge in [-0.05, 0) is 20.3 Å². The first-order valence-corrected chi connectivity index (χ1v) is 8.03. The minimum atomic E-state index is -0.249. The topological polar surface area (TPSA) is 97.5 Å². The molecule has 4 heterocycles. The lowest BCUT2D eigenvalue weighted by Gasteiger charge is -2.29. The van der Waals surface area contributed by atoms with Crippen LogP contribution in [0.15, 0.2) is 46.9 Å². The van der Waals surface area contributed by atoms with Crippen molar-refractivity contribution in [3.05, 3.63) is 52.5 Å². The largest absolute Gasteiger partial charge is 0.352 e. The average molecular weight is 338 g/mol. The van der Waals surface area contributed by atoms with Gasteiger partial charge in [-0.15, -0.1) is 5.10 Å². The van der Waals surface area contributed by atoms with E-state index in [9.17, 15) is 4.79 Å². The van der Waals surface area contributed by atoms with E-state index in [2.05, 4.69) is 44.1 Å². The molecule has 3 aromatic heterocycles. The van der Waals surface area contributed by atoms with Gasteiger partial charge in [0.2, 0.25) is 0 Å². The predicted molar refractivity (Wildman–Crippen MR) is 92.1 cm³/mol. The van der Waals surface area contributed by atoms with Crippen molar-refractivity contribution in [3.8, 4) is 11.5 Å². The molecule has 0 aliphatic carbocycles. The van der Waals surface area contributed by atoms with Crippen LogP contribution in [0.4, 0.5) is 5.82 Å². The molecule has 0 unspecified atom stereocenters. The molecule has 0 aromatic carbocycles. The molecule has 4 rings (SSSR count). The number of nitrogens with zero attached hydrogens (tertiary/aromatic N) is 7. The molecule has 0 fully saturated rings. The molecule has 0 saturated heterocycles. The van der Waals surface area contributed by atoms with E-state index in [4.69, 9.17) is 0 Å². The first-order valence-electron chi connectivity index (χ1n) is 8.03. The lowest BCUT2D eigenvalue weighted by atomic mass is 10.0. The van der Waals surface area contributed by atoms with Gasteiger partial charge in [0.25, 0.3) is 5.56 Å².